The van der Waals surface area contributed by atoms with Crippen LogP contribution in [-0.2, 0) is 4.79 Å². The molecular formula is C17H22ClNO3. The zero-order valence-corrected chi connectivity index (χ0v) is 13.9. The van der Waals surface area contributed by atoms with Crippen molar-refractivity contribution >= 4 is 23.6 Å². The molecule has 0 radical (unpaired) electrons. The van der Waals surface area contributed by atoms with E-state index in [4.69, 9.17) is 21.1 Å². The molecule has 0 bridgehead atoms. The van der Waals surface area contributed by atoms with Crippen molar-refractivity contribution < 1.29 is 14.3 Å². The summed E-state index contributed by atoms with van der Waals surface area (Å²) in [7, 11) is 0. The first-order valence-electron chi connectivity index (χ1n) is 7.53. The molecule has 0 saturated carbocycles. The Kier molecular flexibility index (Phi) is 5.72. The van der Waals surface area contributed by atoms with Crippen molar-refractivity contribution in [3.8, 4) is 11.5 Å². The molecule has 1 aromatic rings. The van der Waals surface area contributed by atoms with E-state index in [0.29, 0.717) is 22.4 Å². The van der Waals surface area contributed by atoms with Gasteiger partial charge < -0.3 is 14.8 Å². The molecular weight excluding hydrogens is 302 g/mol. The Morgan fingerprint density at radius 3 is 2.82 bits per heavy atom. The van der Waals surface area contributed by atoms with Gasteiger partial charge in [0.15, 0.2) is 11.5 Å². The second kappa shape index (κ2) is 7.54. The number of carbonyl (C=O) groups excluding carboxylic acids is 1. The number of benzene rings is 1. The number of ether oxygens (including phenoxy) is 2. The van der Waals surface area contributed by atoms with Crippen molar-refractivity contribution in [2.24, 2.45) is 5.92 Å². The van der Waals surface area contributed by atoms with E-state index in [0.717, 1.165) is 18.4 Å². The summed E-state index contributed by atoms with van der Waals surface area (Å²) in [6, 6.07) is 3.72. The molecule has 1 atom stereocenters. The molecule has 0 unspecified atom stereocenters. The van der Waals surface area contributed by atoms with Crippen molar-refractivity contribution in [2.75, 3.05) is 6.79 Å². The predicted molar refractivity (Wildman–Crippen MR) is 88.3 cm³/mol. The molecule has 1 amide bonds. The number of amides is 1. The quantitative estimate of drug-likeness (QED) is 0.804. The molecule has 0 aromatic heterocycles. The average molecular weight is 324 g/mol. The van der Waals surface area contributed by atoms with E-state index in [1.807, 2.05) is 6.92 Å². The minimum absolute atomic E-state index is 0.106. The Hall–Kier alpha value is -1.68. The topological polar surface area (TPSA) is 47.6 Å². The van der Waals surface area contributed by atoms with E-state index in [1.54, 1.807) is 18.2 Å². The van der Waals surface area contributed by atoms with Crippen LogP contribution in [0, 0.1) is 5.92 Å². The van der Waals surface area contributed by atoms with Crippen LogP contribution in [0.4, 0.5) is 0 Å². The fraction of sp³-hybridized carbons (Fsp3) is 0.471. The van der Waals surface area contributed by atoms with Crippen molar-refractivity contribution in [1.82, 2.24) is 5.32 Å². The Balaban J connectivity index is 1.91. The molecule has 1 heterocycles. The van der Waals surface area contributed by atoms with Crippen LogP contribution < -0.4 is 14.8 Å². The number of hydrogen-bond acceptors (Lipinski definition) is 3. The van der Waals surface area contributed by atoms with Crippen molar-refractivity contribution in [2.45, 2.75) is 39.7 Å². The van der Waals surface area contributed by atoms with E-state index < -0.39 is 0 Å². The summed E-state index contributed by atoms with van der Waals surface area (Å²) in [6.07, 6.45) is 5.31. The molecule has 0 spiro atoms. The summed E-state index contributed by atoms with van der Waals surface area (Å²) in [6.45, 7) is 6.55. The van der Waals surface area contributed by atoms with Gasteiger partial charge in [0, 0.05) is 12.1 Å². The first-order chi connectivity index (χ1) is 10.5. The highest BCUT2D eigenvalue weighted by Gasteiger charge is 2.17. The number of fused-ring (bicyclic) bond motifs is 1. The third-order valence-electron chi connectivity index (χ3n) is 3.44. The van der Waals surface area contributed by atoms with Crippen molar-refractivity contribution in [3.05, 3.63) is 28.8 Å². The van der Waals surface area contributed by atoms with Gasteiger partial charge in [-0.2, -0.15) is 0 Å². The smallest absolute Gasteiger partial charge is 0.244 e. The van der Waals surface area contributed by atoms with Gasteiger partial charge >= 0.3 is 0 Å². The van der Waals surface area contributed by atoms with Crippen LogP contribution in [0.3, 0.4) is 0 Å². The van der Waals surface area contributed by atoms with Crippen molar-refractivity contribution in [1.29, 1.82) is 0 Å². The normalized spacial score (nSPS) is 14.6. The third-order valence-corrected chi connectivity index (χ3v) is 3.72. The first-order valence-corrected chi connectivity index (χ1v) is 7.91. The van der Waals surface area contributed by atoms with Crippen LogP contribution in [0.25, 0.3) is 6.08 Å². The van der Waals surface area contributed by atoms with Gasteiger partial charge in [-0.15, -0.1) is 0 Å². The van der Waals surface area contributed by atoms with Crippen LogP contribution >= 0.6 is 11.6 Å². The number of nitrogens with one attached hydrogen (secondary N) is 1. The van der Waals surface area contributed by atoms with Crippen LogP contribution in [-0.4, -0.2) is 18.7 Å². The molecule has 1 aliphatic heterocycles. The SMILES string of the molecule is CC(C)CC[C@H](C)NC(=O)/C=C\c1cc(Cl)c2c(c1)OCO2. The van der Waals surface area contributed by atoms with E-state index in [1.165, 1.54) is 6.08 Å². The van der Waals surface area contributed by atoms with Crippen LogP contribution in [0.1, 0.15) is 39.2 Å². The maximum Gasteiger partial charge on any atom is 0.244 e. The Morgan fingerprint density at radius 2 is 2.09 bits per heavy atom. The summed E-state index contributed by atoms with van der Waals surface area (Å²) in [5.74, 6) is 1.71. The molecule has 120 valence electrons. The third kappa shape index (κ3) is 4.67. The Bertz CT molecular complexity index is 569. The predicted octanol–water partition coefficient (Wildman–Crippen LogP) is 4.02. The van der Waals surface area contributed by atoms with Gasteiger partial charge in [0.05, 0.1) is 5.02 Å². The van der Waals surface area contributed by atoms with Crippen LogP contribution in [0.5, 0.6) is 11.5 Å². The van der Waals surface area contributed by atoms with Gasteiger partial charge in [-0.25, -0.2) is 0 Å². The van der Waals surface area contributed by atoms with Gasteiger partial charge in [-0.1, -0.05) is 25.4 Å². The second-order valence-electron chi connectivity index (χ2n) is 5.95. The molecule has 1 aromatic carbocycles. The maximum atomic E-state index is 11.9. The fourth-order valence-electron chi connectivity index (χ4n) is 2.20. The fourth-order valence-corrected chi connectivity index (χ4v) is 2.48. The van der Waals surface area contributed by atoms with Gasteiger partial charge in [-0.05, 0) is 49.5 Å². The van der Waals surface area contributed by atoms with Gasteiger partial charge in [0.1, 0.15) is 0 Å². The lowest BCUT2D eigenvalue weighted by molar-refractivity contribution is -0.117. The number of rotatable bonds is 6. The molecule has 1 aliphatic rings. The van der Waals surface area contributed by atoms with Gasteiger partial charge in [0.2, 0.25) is 12.7 Å². The van der Waals surface area contributed by atoms with E-state index >= 15 is 0 Å². The van der Waals surface area contributed by atoms with Gasteiger partial charge in [-0.3, -0.25) is 4.79 Å². The minimum Gasteiger partial charge on any atom is -0.454 e. The molecule has 2 rings (SSSR count). The van der Waals surface area contributed by atoms with Gasteiger partial charge in [0.25, 0.3) is 0 Å². The molecule has 4 nitrogen and oxygen atoms in total. The Labute approximate surface area is 136 Å². The lowest BCUT2D eigenvalue weighted by atomic mass is 10.0. The van der Waals surface area contributed by atoms with Crippen molar-refractivity contribution in [3.63, 3.8) is 0 Å². The van der Waals surface area contributed by atoms with E-state index in [9.17, 15) is 4.79 Å². The second-order valence-corrected chi connectivity index (χ2v) is 6.36. The molecule has 0 fully saturated rings. The maximum absolute atomic E-state index is 11.9. The standard InChI is InChI=1S/C17H22ClNO3/c1-11(2)4-5-12(3)19-16(20)7-6-13-8-14(18)17-15(9-13)21-10-22-17/h6-9,11-12H,4-5,10H2,1-3H3,(H,19,20)/b7-6-/t12-/m0/s1. The van der Waals surface area contributed by atoms with E-state index in [-0.39, 0.29) is 18.7 Å². The molecule has 5 heteroatoms. The highest BCUT2D eigenvalue weighted by molar-refractivity contribution is 6.32. The number of halogens is 1. The minimum atomic E-state index is -0.106. The lowest BCUT2D eigenvalue weighted by Crippen LogP contribution is -2.31. The monoisotopic (exact) mass is 323 g/mol. The summed E-state index contributed by atoms with van der Waals surface area (Å²) >= 11 is 6.11. The summed E-state index contributed by atoms with van der Waals surface area (Å²) in [5.41, 5.74) is 0.805. The Morgan fingerprint density at radius 1 is 1.32 bits per heavy atom. The zero-order chi connectivity index (χ0) is 16.1. The molecule has 0 saturated heterocycles. The van der Waals surface area contributed by atoms with E-state index in [2.05, 4.69) is 19.2 Å². The lowest BCUT2D eigenvalue weighted by Gasteiger charge is -2.13. The van der Waals surface area contributed by atoms with Crippen LogP contribution in [0.2, 0.25) is 5.02 Å². The largest absolute Gasteiger partial charge is 0.454 e. The first kappa shape index (κ1) is 16.7. The summed E-state index contributed by atoms with van der Waals surface area (Å²) < 4.78 is 10.6. The summed E-state index contributed by atoms with van der Waals surface area (Å²) in [5, 5.41) is 3.44. The number of hydrogen-bond donors (Lipinski definition) is 1. The van der Waals surface area contributed by atoms with Crippen LogP contribution in [0.15, 0.2) is 18.2 Å². The molecule has 22 heavy (non-hydrogen) atoms. The highest BCUT2D eigenvalue weighted by Crippen LogP contribution is 2.40. The average Bonchev–Trinajstić information content (AvgIpc) is 2.92. The zero-order valence-electron chi connectivity index (χ0n) is 13.2. The number of carbonyl (C=O) groups is 1. The molecule has 0 aliphatic carbocycles. The summed E-state index contributed by atoms with van der Waals surface area (Å²) in [4.78, 5) is 11.9. The highest BCUT2D eigenvalue weighted by atomic mass is 35.5. The molecule has 1 N–H and O–H groups in total.